The van der Waals surface area contributed by atoms with Gasteiger partial charge in [-0.05, 0) is 31.2 Å². The van der Waals surface area contributed by atoms with Gasteiger partial charge in [0.15, 0.2) is 0 Å². The number of carbonyl (C=O) groups excluding carboxylic acids is 1. The van der Waals surface area contributed by atoms with Crippen LogP contribution in [0, 0.1) is 0 Å². The molecule has 0 saturated carbocycles. The van der Waals surface area contributed by atoms with E-state index in [1.165, 1.54) is 25.6 Å². The summed E-state index contributed by atoms with van der Waals surface area (Å²) >= 11 is 0. The number of hydrazone groups is 1. The standard InChI is InChI=1S/C15H15N3O3/c1-10(13-4-3-12(21-2)9-14(13)19)17-18-15(20)11-5-7-16-8-6-11/h3-9,19H,1-2H3,(H,18,20)/b17-10+. The molecule has 2 aromatic rings. The van der Waals surface area contributed by atoms with E-state index in [2.05, 4.69) is 15.5 Å². The lowest BCUT2D eigenvalue weighted by Crippen LogP contribution is -2.19. The molecule has 2 rings (SSSR count). The molecule has 1 aromatic carbocycles. The molecule has 0 aliphatic heterocycles. The van der Waals surface area contributed by atoms with Gasteiger partial charge >= 0.3 is 0 Å². The third kappa shape index (κ3) is 3.56. The lowest BCUT2D eigenvalue weighted by Gasteiger charge is -2.07. The van der Waals surface area contributed by atoms with Crippen molar-refractivity contribution in [1.82, 2.24) is 10.4 Å². The zero-order valence-corrected chi connectivity index (χ0v) is 11.7. The Morgan fingerprint density at radius 2 is 2.00 bits per heavy atom. The van der Waals surface area contributed by atoms with Crippen LogP contribution in [0.4, 0.5) is 0 Å². The topological polar surface area (TPSA) is 83.8 Å². The zero-order valence-electron chi connectivity index (χ0n) is 11.7. The number of benzene rings is 1. The maximum absolute atomic E-state index is 11.8. The van der Waals surface area contributed by atoms with Crippen LogP contribution in [0.2, 0.25) is 0 Å². The largest absolute Gasteiger partial charge is 0.507 e. The van der Waals surface area contributed by atoms with Gasteiger partial charge in [0, 0.05) is 29.6 Å². The Morgan fingerprint density at radius 3 is 2.62 bits per heavy atom. The summed E-state index contributed by atoms with van der Waals surface area (Å²) in [4.78, 5) is 15.7. The fourth-order valence-corrected chi connectivity index (χ4v) is 1.71. The Hall–Kier alpha value is -2.89. The number of carbonyl (C=O) groups is 1. The molecule has 0 atom stereocenters. The van der Waals surface area contributed by atoms with Gasteiger partial charge < -0.3 is 9.84 Å². The average Bonchev–Trinajstić information content (AvgIpc) is 2.52. The SMILES string of the molecule is COc1ccc(/C(C)=N/NC(=O)c2ccncc2)c(O)c1. The summed E-state index contributed by atoms with van der Waals surface area (Å²) in [5.74, 6) is 0.239. The highest BCUT2D eigenvalue weighted by Gasteiger charge is 2.08. The molecular weight excluding hydrogens is 270 g/mol. The van der Waals surface area contributed by atoms with Gasteiger partial charge in [0.25, 0.3) is 5.91 Å². The van der Waals surface area contributed by atoms with Crippen LogP contribution in [0.15, 0.2) is 47.8 Å². The molecule has 0 bridgehead atoms. The Bertz CT molecular complexity index is 669. The lowest BCUT2D eigenvalue weighted by atomic mass is 10.1. The minimum Gasteiger partial charge on any atom is -0.507 e. The van der Waals surface area contributed by atoms with Gasteiger partial charge in [-0.15, -0.1) is 0 Å². The number of aromatic nitrogens is 1. The van der Waals surface area contributed by atoms with Crippen molar-refractivity contribution in [2.24, 2.45) is 5.10 Å². The number of phenols is 1. The van der Waals surface area contributed by atoms with Gasteiger partial charge in [0.05, 0.1) is 12.8 Å². The Labute approximate surface area is 122 Å². The summed E-state index contributed by atoms with van der Waals surface area (Å²) < 4.78 is 5.01. The first-order chi connectivity index (χ1) is 10.1. The van der Waals surface area contributed by atoms with Gasteiger partial charge in [-0.3, -0.25) is 9.78 Å². The van der Waals surface area contributed by atoms with E-state index < -0.39 is 0 Å². The van der Waals surface area contributed by atoms with E-state index in [0.717, 1.165) is 0 Å². The van der Waals surface area contributed by atoms with Crippen LogP contribution in [0.5, 0.6) is 11.5 Å². The molecule has 2 N–H and O–H groups in total. The van der Waals surface area contributed by atoms with Crippen LogP contribution in [0.3, 0.4) is 0 Å². The number of methoxy groups -OCH3 is 1. The van der Waals surface area contributed by atoms with Gasteiger partial charge in [0.2, 0.25) is 0 Å². The van der Waals surface area contributed by atoms with Gasteiger partial charge in [-0.1, -0.05) is 0 Å². The monoisotopic (exact) mass is 285 g/mol. The van der Waals surface area contributed by atoms with E-state index in [1.54, 1.807) is 31.2 Å². The van der Waals surface area contributed by atoms with Crippen molar-refractivity contribution >= 4 is 11.6 Å². The van der Waals surface area contributed by atoms with Crippen molar-refractivity contribution in [3.8, 4) is 11.5 Å². The predicted octanol–water partition coefficient (Wildman–Crippen LogP) is 1.95. The number of rotatable bonds is 4. The summed E-state index contributed by atoms with van der Waals surface area (Å²) in [5.41, 5.74) is 3.89. The highest BCUT2D eigenvalue weighted by molar-refractivity contribution is 6.02. The highest BCUT2D eigenvalue weighted by atomic mass is 16.5. The molecule has 0 spiro atoms. The summed E-state index contributed by atoms with van der Waals surface area (Å²) in [5, 5.41) is 13.9. The van der Waals surface area contributed by atoms with Crippen LogP contribution in [-0.2, 0) is 0 Å². The lowest BCUT2D eigenvalue weighted by molar-refractivity contribution is 0.0954. The summed E-state index contributed by atoms with van der Waals surface area (Å²) in [6, 6.07) is 8.04. The van der Waals surface area contributed by atoms with Crippen LogP contribution in [-0.4, -0.2) is 28.8 Å². The summed E-state index contributed by atoms with van der Waals surface area (Å²) in [6.45, 7) is 1.69. The Morgan fingerprint density at radius 1 is 1.29 bits per heavy atom. The highest BCUT2D eigenvalue weighted by Crippen LogP contribution is 2.23. The van der Waals surface area contributed by atoms with E-state index >= 15 is 0 Å². The van der Waals surface area contributed by atoms with Crippen LogP contribution in [0.25, 0.3) is 0 Å². The van der Waals surface area contributed by atoms with Crippen molar-refractivity contribution in [1.29, 1.82) is 0 Å². The van der Waals surface area contributed by atoms with Crippen molar-refractivity contribution in [2.75, 3.05) is 7.11 Å². The first-order valence-electron chi connectivity index (χ1n) is 6.24. The maximum atomic E-state index is 11.8. The van der Waals surface area contributed by atoms with Gasteiger partial charge in [0.1, 0.15) is 11.5 Å². The Balaban J connectivity index is 2.13. The molecular formula is C15H15N3O3. The molecule has 6 nitrogen and oxygen atoms in total. The second-order valence-corrected chi connectivity index (χ2v) is 4.26. The van der Waals surface area contributed by atoms with Gasteiger partial charge in [-0.2, -0.15) is 5.10 Å². The molecule has 0 radical (unpaired) electrons. The van der Waals surface area contributed by atoms with Crippen LogP contribution >= 0.6 is 0 Å². The molecule has 0 fully saturated rings. The molecule has 108 valence electrons. The van der Waals surface area contributed by atoms with E-state index in [1.807, 2.05) is 0 Å². The number of ether oxygens (including phenoxy) is 1. The van der Waals surface area contributed by atoms with Crippen molar-refractivity contribution in [3.05, 3.63) is 53.9 Å². The molecule has 1 aromatic heterocycles. The second kappa shape index (κ2) is 6.51. The van der Waals surface area contributed by atoms with Crippen molar-refractivity contribution < 1.29 is 14.6 Å². The minimum absolute atomic E-state index is 0.0359. The number of aromatic hydroxyl groups is 1. The zero-order chi connectivity index (χ0) is 15.2. The fraction of sp³-hybridized carbons (Fsp3) is 0.133. The number of hydrogen-bond donors (Lipinski definition) is 2. The van der Waals surface area contributed by atoms with Crippen LogP contribution < -0.4 is 10.2 Å². The summed E-state index contributed by atoms with van der Waals surface area (Å²) in [6.07, 6.45) is 3.06. The number of nitrogens with one attached hydrogen (secondary N) is 1. The number of phenolic OH excluding ortho intramolecular Hbond substituents is 1. The first-order valence-corrected chi connectivity index (χ1v) is 6.24. The smallest absolute Gasteiger partial charge is 0.271 e. The molecule has 0 aliphatic rings. The number of amides is 1. The maximum Gasteiger partial charge on any atom is 0.271 e. The average molecular weight is 285 g/mol. The molecule has 0 aliphatic carbocycles. The molecule has 6 heteroatoms. The molecule has 1 heterocycles. The van der Waals surface area contributed by atoms with Crippen molar-refractivity contribution in [2.45, 2.75) is 6.92 Å². The van der Waals surface area contributed by atoms with Crippen molar-refractivity contribution in [3.63, 3.8) is 0 Å². The predicted molar refractivity (Wildman–Crippen MR) is 78.6 cm³/mol. The molecule has 1 amide bonds. The third-order valence-corrected chi connectivity index (χ3v) is 2.86. The quantitative estimate of drug-likeness (QED) is 0.664. The van der Waals surface area contributed by atoms with E-state index in [-0.39, 0.29) is 11.7 Å². The van der Waals surface area contributed by atoms with E-state index in [4.69, 9.17) is 4.74 Å². The second-order valence-electron chi connectivity index (χ2n) is 4.26. The molecule has 0 saturated heterocycles. The third-order valence-electron chi connectivity index (χ3n) is 2.86. The normalized spacial score (nSPS) is 11.0. The van der Waals surface area contributed by atoms with E-state index in [9.17, 15) is 9.90 Å². The van der Waals surface area contributed by atoms with Gasteiger partial charge in [-0.25, -0.2) is 5.43 Å². The molecule has 21 heavy (non-hydrogen) atoms. The first kappa shape index (κ1) is 14.5. The number of pyridine rings is 1. The number of nitrogens with zero attached hydrogens (tertiary/aromatic N) is 2. The van der Waals surface area contributed by atoms with Crippen LogP contribution in [0.1, 0.15) is 22.8 Å². The summed E-state index contributed by atoms with van der Waals surface area (Å²) in [7, 11) is 1.52. The number of hydrogen-bond acceptors (Lipinski definition) is 5. The fourth-order valence-electron chi connectivity index (χ4n) is 1.71. The minimum atomic E-state index is -0.343. The molecule has 0 unspecified atom stereocenters. The van der Waals surface area contributed by atoms with E-state index in [0.29, 0.717) is 22.6 Å². The Kier molecular flexibility index (Phi) is 4.50.